The number of amides is 1. The lowest BCUT2D eigenvalue weighted by Gasteiger charge is -2.34. The molecule has 5 nitrogen and oxygen atoms in total. The van der Waals surface area contributed by atoms with Gasteiger partial charge in [-0.15, -0.1) is 11.3 Å². The molecule has 0 spiro atoms. The number of benzene rings is 1. The van der Waals surface area contributed by atoms with Crippen molar-refractivity contribution < 1.29 is 13.2 Å². The summed E-state index contributed by atoms with van der Waals surface area (Å²) in [5.41, 5.74) is 0.637. The maximum Gasteiger partial charge on any atom is 0.253 e. The largest absolute Gasteiger partial charge is 0.336 e. The van der Waals surface area contributed by atoms with Crippen LogP contribution < -0.4 is 0 Å². The first kappa shape index (κ1) is 17.1. The fraction of sp³-hybridized carbons (Fsp3) is 0.353. The average molecular weight is 364 g/mol. The third kappa shape index (κ3) is 3.24. The highest BCUT2D eigenvalue weighted by molar-refractivity contribution is 7.89. The summed E-state index contributed by atoms with van der Waals surface area (Å²) in [5.74, 6) is -0.0461. The van der Waals surface area contributed by atoms with Gasteiger partial charge in [-0.3, -0.25) is 4.79 Å². The van der Waals surface area contributed by atoms with Gasteiger partial charge in [0.1, 0.15) is 0 Å². The molecule has 128 valence electrons. The molecule has 1 fully saturated rings. The SMILES string of the molecule is Cc1cc(S(=O)(=O)N2CCN(C(=O)c3ccccc3)CC2)c(C)s1. The summed E-state index contributed by atoms with van der Waals surface area (Å²) in [4.78, 5) is 16.4. The number of carbonyl (C=O) groups is 1. The Morgan fingerprint density at radius 1 is 1.04 bits per heavy atom. The number of piperazine rings is 1. The molecule has 0 radical (unpaired) electrons. The molecule has 24 heavy (non-hydrogen) atoms. The average Bonchev–Trinajstić information content (AvgIpc) is 2.94. The molecule has 0 N–H and O–H groups in total. The molecule has 0 atom stereocenters. The van der Waals surface area contributed by atoms with Crippen LogP contribution in [0.2, 0.25) is 0 Å². The normalized spacial score (nSPS) is 16.3. The first-order chi connectivity index (χ1) is 11.4. The Labute approximate surface area is 146 Å². The lowest BCUT2D eigenvalue weighted by Crippen LogP contribution is -2.50. The molecule has 7 heteroatoms. The minimum atomic E-state index is -3.48. The Hall–Kier alpha value is -1.70. The van der Waals surface area contributed by atoms with E-state index in [0.717, 1.165) is 9.75 Å². The summed E-state index contributed by atoms with van der Waals surface area (Å²) in [6.07, 6.45) is 0. The monoisotopic (exact) mass is 364 g/mol. The van der Waals surface area contributed by atoms with Crippen molar-refractivity contribution in [3.63, 3.8) is 0 Å². The Morgan fingerprint density at radius 2 is 1.67 bits per heavy atom. The van der Waals surface area contributed by atoms with Crippen LogP contribution in [0, 0.1) is 13.8 Å². The summed E-state index contributed by atoms with van der Waals surface area (Å²) in [5, 5.41) is 0. The maximum atomic E-state index is 12.8. The predicted octanol–water partition coefficient (Wildman–Crippen LogP) is 2.51. The topological polar surface area (TPSA) is 57.7 Å². The zero-order chi connectivity index (χ0) is 17.3. The van der Waals surface area contributed by atoms with Gasteiger partial charge in [0, 0.05) is 41.5 Å². The van der Waals surface area contributed by atoms with Gasteiger partial charge in [-0.05, 0) is 32.0 Å². The summed E-state index contributed by atoms with van der Waals surface area (Å²) < 4.78 is 27.1. The lowest BCUT2D eigenvalue weighted by molar-refractivity contribution is 0.0698. The third-order valence-electron chi connectivity index (χ3n) is 4.16. The van der Waals surface area contributed by atoms with Crippen LogP contribution in [0.4, 0.5) is 0 Å². The van der Waals surface area contributed by atoms with E-state index >= 15 is 0 Å². The molecule has 0 saturated carbocycles. The lowest BCUT2D eigenvalue weighted by atomic mass is 10.2. The molecule has 0 aliphatic carbocycles. The number of carbonyl (C=O) groups excluding carboxylic acids is 1. The molecule has 3 rings (SSSR count). The Kier molecular flexibility index (Phi) is 4.76. The van der Waals surface area contributed by atoms with Crippen LogP contribution >= 0.6 is 11.3 Å². The minimum absolute atomic E-state index is 0.0461. The van der Waals surface area contributed by atoms with E-state index in [4.69, 9.17) is 0 Å². The molecule has 1 amide bonds. The molecule has 0 unspecified atom stereocenters. The van der Waals surface area contributed by atoms with Crippen molar-refractivity contribution in [3.8, 4) is 0 Å². The summed E-state index contributed by atoms with van der Waals surface area (Å²) in [7, 11) is -3.48. The molecule has 1 saturated heterocycles. The van der Waals surface area contributed by atoms with Gasteiger partial charge in [0.05, 0.1) is 4.90 Å². The summed E-state index contributed by atoms with van der Waals surface area (Å²) in [6.45, 7) is 5.22. The van der Waals surface area contributed by atoms with Gasteiger partial charge >= 0.3 is 0 Å². The van der Waals surface area contributed by atoms with Crippen molar-refractivity contribution in [1.82, 2.24) is 9.21 Å². The van der Waals surface area contributed by atoms with Gasteiger partial charge < -0.3 is 4.90 Å². The van der Waals surface area contributed by atoms with Crippen molar-refractivity contribution in [1.29, 1.82) is 0 Å². The molecule has 2 heterocycles. The highest BCUT2D eigenvalue weighted by atomic mass is 32.2. The van der Waals surface area contributed by atoms with Crippen LogP contribution in [-0.4, -0.2) is 49.7 Å². The van der Waals surface area contributed by atoms with Crippen molar-refractivity contribution in [3.05, 3.63) is 51.7 Å². The molecule has 0 bridgehead atoms. The second kappa shape index (κ2) is 6.66. The Morgan fingerprint density at radius 3 is 2.21 bits per heavy atom. The third-order valence-corrected chi connectivity index (χ3v) is 7.28. The van der Waals surface area contributed by atoms with Crippen molar-refractivity contribution in [2.45, 2.75) is 18.7 Å². The number of hydrogen-bond donors (Lipinski definition) is 0. The molecule has 2 aromatic rings. The summed E-state index contributed by atoms with van der Waals surface area (Å²) >= 11 is 1.49. The molecule has 1 aliphatic rings. The van der Waals surface area contributed by atoms with Crippen LogP contribution in [-0.2, 0) is 10.0 Å². The van der Waals surface area contributed by atoms with Gasteiger partial charge in [-0.2, -0.15) is 4.31 Å². The zero-order valence-corrected chi connectivity index (χ0v) is 15.4. The van der Waals surface area contributed by atoms with E-state index in [0.29, 0.717) is 36.6 Å². The fourth-order valence-corrected chi connectivity index (χ4v) is 5.84. The second-order valence-electron chi connectivity index (χ2n) is 5.84. The number of thiophene rings is 1. The highest BCUT2D eigenvalue weighted by Gasteiger charge is 2.32. The van der Waals surface area contributed by atoms with Gasteiger partial charge in [0.2, 0.25) is 10.0 Å². The van der Waals surface area contributed by atoms with Gasteiger partial charge in [0.25, 0.3) is 5.91 Å². The number of hydrogen-bond acceptors (Lipinski definition) is 4. The maximum absolute atomic E-state index is 12.8. The summed E-state index contributed by atoms with van der Waals surface area (Å²) in [6, 6.07) is 10.8. The van der Waals surface area contributed by atoms with Crippen LogP contribution in [0.5, 0.6) is 0 Å². The van der Waals surface area contributed by atoms with Gasteiger partial charge in [0.15, 0.2) is 0 Å². The van der Waals surface area contributed by atoms with Crippen molar-refractivity contribution in [2.24, 2.45) is 0 Å². The standard InChI is InChI=1S/C17H20N2O3S2/c1-13-12-16(14(2)23-13)24(21,22)19-10-8-18(9-11-19)17(20)15-6-4-3-5-7-15/h3-7,12H,8-11H2,1-2H3. The van der Waals surface area contributed by atoms with Crippen LogP contribution in [0.15, 0.2) is 41.3 Å². The van der Waals surface area contributed by atoms with Gasteiger partial charge in [-0.1, -0.05) is 18.2 Å². The zero-order valence-electron chi connectivity index (χ0n) is 13.7. The van der Waals surface area contributed by atoms with E-state index < -0.39 is 10.0 Å². The van der Waals surface area contributed by atoms with Crippen molar-refractivity contribution >= 4 is 27.3 Å². The Balaban J connectivity index is 1.71. The molecule has 1 aromatic carbocycles. The van der Waals surface area contributed by atoms with E-state index in [2.05, 4.69) is 0 Å². The first-order valence-electron chi connectivity index (χ1n) is 7.81. The van der Waals surface area contributed by atoms with Gasteiger partial charge in [-0.25, -0.2) is 8.42 Å². The van der Waals surface area contributed by atoms with Crippen molar-refractivity contribution in [2.75, 3.05) is 26.2 Å². The van der Waals surface area contributed by atoms with E-state index in [9.17, 15) is 13.2 Å². The molecule has 1 aliphatic heterocycles. The fourth-order valence-electron chi connectivity index (χ4n) is 2.90. The second-order valence-corrected chi connectivity index (χ2v) is 9.21. The molecular formula is C17H20N2O3S2. The predicted molar refractivity (Wildman–Crippen MR) is 94.9 cm³/mol. The quantitative estimate of drug-likeness (QED) is 0.841. The van der Waals surface area contributed by atoms with Crippen LogP contribution in [0.3, 0.4) is 0 Å². The van der Waals surface area contributed by atoms with E-state index in [1.807, 2.05) is 32.0 Å². The smallest absolute Gasteiger partial charge is 0.253 e. The first-order valence-corrected chi connectivity index (χ1v) is 10.1. The van der Waals surface area contributed by atoms with E-state index in [1.54, 1.807) is 23.1 Å². The number of sulfonamides is 1. The van der Waals surface area contributed by atoms with E-state index in [-0.39, 0.29) is 5.91 Å². The number of nitrogens with zero attached hydrogens (tertiary/aromatic N) is 2. The molecular weight excluding hydrogens is 344 g/mol. The number of aryl methyl sites for hydroxylation is 2. The number of rotatable bonds is 3. The van der Waals surface area contributed by atoms with E-state index in [1.165, 1.54) is 15.6 Å². The van der Waals surface area contributed by atoms with Crippen LogP contribution in [0.25, 0.3) is 0 Å². The van der Waals surface area contributed by atoms with Crippen LogP contribution in [0.1, 0.15) is 20.1 Å². The Bertz CT molecular complexity index is 836. The minimum Gasteiger partial charge on any atom is -0.336 e. The highest BCUT2D eigenvalue weighted by Crippen LogP contribution is 2.28. The molecule has 1 aromatic heterocycles.